The number of thioether (sulfide) groups is 2. The number of benzene rings is 4. The molecule has 4 aromatic rings. The second-order valence-electron chi connectivity index (χ2n) is 14.4. The lowest BCUT2D eigenvalue weighted by Gasteiger charge is -2.20. The third-order valence-corrected chi connectivity index (χ3v) is 12.1. The molecule has 66 heavy (non-hydrogen) atoms. The van der Waals surface area contributed by atoms with Crippen LogP contribution in [0, 0.1) is 13.8 Å². The van der Waals surface area contributed by atoms with Crippen LogP contribution in [0.3, 0.4) is 0 Å². The molecule has 6 rings (SSSR count). The number of ether oxygens (including phenoxy) is 2. The highest BCUT2D eigenvalue weighted by atomic mass is 35.5. The van der Waals surface area contributed by atoms with E-state index in [1.54, 1.807) is 34.1 Å². The van der Waals surface area contributed by atoms with Crippen LogP contribution in [-0.4, -0.2) is 117 Å². The Labute approximate surface area is 408 Å². The van der Waals surface area contributed by atoms with E-state index in [0.717, 1.165) is 47.1 Å². The number of aliphatic hydroxyl groups is 5. The topological polar surface area (TPSA) is 202 Å². The summed E-state index contributed by atoms with van der Waals surface area (Å²) in [6, 6.07) is 24.8. The predicted octanol–water partition coefficient (Wildman–Crippen LogP) is 8.57. The third-order valence-electron chi connectivity index (χ3n) is 9.27. The first-order valence-electron chi connectivity index (χ1n) is 20.5. The first-order valence-corrected chi connectivity index (χ1v) is 23.1. The first-order chi connectivity index (χ1) is 30.8. The number of hydrogen-bond donors (Lipinski definition) is 5. The van der Waals surface area contributed by atoms with Gasteiger partial charge in [0.15, 0.2) is 10.3 Å². The van der Waals surface area contributed by atoms with Gasteiger partial charge in [-0.05, 0) is 85.8 Å². The lowest BCUT2D eigenvalue weighted by Crippen LogP contribution is -2.34. The third kappa shape index (κ3) is 16.1. The molecule has 4 aromatic carbocycles. The van der Waals surface area contributed by atoms with Crippen molar-refractivity contribution < 1.29 is 50.8 Å². The molecule has 0 radical (unpaired) electrons. The minimum Gasteiger partial charge on any atom is -0.489 e. The maximum Gasteiger partial charge on any atom is 0.249 e. The molecule has 2 aliphatic rings. The summed E-state index contributed by atoms with van der Waals surface area (Å²) in [5.41, 5.74) is 4.67. The van der Waals surface area contributed by atoms with Gasteiger partial charge in [0.2, 0.25) is 11.8 Å². The van der Waals surface area contributed by atoms with E-state index < -0.39 is 30.2 Å². The number of aryl methyl sites for hydroxylation is 2. The Kier molecular flexibility index (Phi) is 25.6. The average molecular weight is 993 g/mol. The molecule has 2 amide bonds. The summed E-state index contributed by atoms with van der Waals surface area (Å²) >= 11 is 14.9. The number of nitrogens with zero attached hydrogens (tertiary/aromatic N) is 4. The SMILES string of the molecule is C.C.CCCN=C1SC(C(O)c2ccc(OC[C@H](O)CO)c(Cl)c2)C(=O)N1c1ccccc1C.CCCN=C1SCC(=O)N1c1ccccc1C.O=Cc1ccc(OC[C@H](O)CO)c(Cl)c1.[2HH]. The fraction of sp³-hybridized carbons (Fsp3) is 0.396. The van der Waals surface area contributed by atoms with E-state index >= 15 is 0 Å². The number of amidine groups is 2. The van der Waals surface area contributed by atoms with Gasteiger partial charge in [-0.1, -0.05) is 118 Å². The summed E-state index contributed by atoms with van der Waals surface area (Å²) in [6.45, 7) is 8.46. The van der Waals surface area contributed by atoms with E-state index in [0.29, 0.717) is 51.4 Å². The van der Waals surface area contributed by atoms with Crippen LogP contribution in [0.25, 0.3) is 0 Å². The van der Waals surface area contributed by atoms with Gasteiger partial charge in [-0.2, -0.15) is 0 Å². The molecule has 2 fully saturated rings. The molecular weight excluding hydrogens is 928 g/mol. The first kappa shape index (κ1) is 57.6. The average Bonchev–Trinajstić information content (AvgIpc) is 3.84. The lowest BCUT2D eigenvalue weighted by atomic mass is 10.0. The summed E-state index contributed by atoms with van der Waals surface area (Å²) in [5.74, 6) is 1.06. The monoisotopic (exact) mass is 991 g/mol. The van der Waals surface area contributed by atoms with Crippen LogP contribution in [0.2, 0.25) is 10.0 Å². The number of aliphatic hydroxyl groups excluding tert-OH is 5. The number of para-hydroxylation sites is 2. The molecule has 0 saturated carbocycles. The maximum atomic E-state index is 13.4. The van der Waals surface area contributed by atoms with E-state index in [1.807, 2.05) is 69.3 Å². The Bertz CT molecular complexity index is 2260. The highest BCUT2D eigenvalue weighted by Gasteiger charge is 2.44. The zero-order valence-corrected chi connectivity index (χ0v) is 39.1. The van der Waals surface area contributed by atoms with Crippen molar-refractivity contribution in [1.29, 1.82) is 0 Å². The van der Waals surface area contributed by atoms with Gasteiger partial charge >= 0.3 is 0 Å². The molecule has 2 aliphatic heterocycles. The molecular formula is C48H64Cl2N4O10S2. The quantitative estimate of drug-likeness (QED) is 0.0632. The molecule has 362 valence electrons. The van der Waals surface area contributed by atoms with Crippen molar-refractivity contribution in [1.82, 2.24) is 0 Å². The zero-order valence-electron chi connectivity index (χ0n) is 36.0. The van der Waals surface area contributed by atoms with E-state index in [2.05, 4.69) is 16.9 Å². The summed E-state index contributed by atoms with van der Waals surface area (Å²) < 4.78 is 10.5. The summed E-state index contributed by atoms with van der Waals surface area (Å²) in [7, 11) is 0. The number of carbonyl (C=O) groups excluding carboxylic acids is 3. The molecule has 2 unspecified atom stereocenters. The summed E-state index contributed by atoms with van der Waals surface area (Å²) in [5, 5.41) is 48.1. The largest absolute Gasteiger partial charge is 0.489 e. The molecule has 18 heteroatoms. The molecule has 14 nitrogen and oxygen atoms in total. The number of carbonyl (C=O) groups is 3. The standard InChI is InChI=1S/C23H27ClN2O5S.C13H16N2OS.C10H11ClO4.2CH4.H2/c1-3-10-25-23-26(18-7-5-4-6-14(18)2)22(30)21(32-23)20(29)15-8-9-19(17(24)11-15)31-13-16(28)12-27;1-3-8-14-13-15(12(16)9-17-13)11-7-5-4-6-10(11)2;11-9-3-7(4-12)1-2-10(9)15-6-8(14)5-13;;;/h4-9,11,16,20-21,27-29H,3,10,12-13H2,1-2H3;4-7H,3,8-9H2,1-2H3;1-4,8,13-14H,5-6H2;2*1H4;1H/t16-,20?,21?;;8-;;;/m1.1.../s1/i;;;;;1+1. The van der Waals surface area contributed by atoms with Crippen LogP contribution >= 0.6 is 46.7 Å². The zero-order chi connectivity index (χ0) is 46.8. The van der Waals surface area contributed by atoms with E-state index in [1.165, 1.54) is 35.7 Å². The lowest BCUT2D eigenvalue weighted by molar-refractivity contribution is -0.118. The molecule has 0 bridgehead atoms. The van der Waals surface area contributed by atoms with Crippen LogP contribution in [0.15, 0.2) is 94.9 Å². The van der Waals surface area contributed by atoms with Gasteiger partial charge in [0, 0.05) is 20.1 Å². The number of hydrogen-bond acceptors (Lipinski definition) is 14. The number of aliphatic imine (C=N–C) groups is 2. The van der Waals surface area contributed by atoms with E-state index in [-0.39, 0.29) is 52.9 Å². The van der Waals surface area contributed by atoms with Gasteiger partial charge in [0.25, 0.3) is 0 Å². The van der Waals surface area contributed by atoms with Gasteiger partial charge < -0.3 is 35.0 Å². The van der Waals surface area contributed by atoms with Crippen molar-refractivity contribution in [2.75, 3.05) is 55.1 Å². The highest BCUT2D eigenvalue weighted by molar-refractivity contribution is 8.16. The van der Waals surface area contributed by atoms with Gasteiger partial charge in [-0.15, -0.1) is 0 Å². The maximum absolute atomic E-state index is 13.4. The summed E-state index contributed by atoms with van der Waals surface area (Å²) in [6.07, 6.45) is -0.542. The molecule has 0 spiro atoms. The Morgan fingerprint density at radius 2 is 1.26 bits per heavy atom. The van der Waals surface area contributed by atoms with E-state index in [4.69, 9.17) is 48.0 Å². The molecule has 5 N–H and O–H groups in total. The van der Waals surface area contributed by atoms with Gasteiger partial charge in [0.05, 0.1) is 40.4 Å². The van der Waals surface area contributed by atoms with Crippen LogP contribution in [-0.2, 0) is 9.59 Å². The molecule has 0 aromatic heterocycles. The van der Waals surface area contributed by atoms with Crippen molar-refractivity contribution >= 4 is 86.5 Å². The van der Waals surface area contributed by atoms with Crippen molar-refractivity contribution in [2.24, 2.45) is 9.98 Å². The van der Waals surface area contributed by atoms with Gasteiger partial charge in [-0.25, -0.2) is 0 Å². The predicted molar refractivity (Wildman–Crippen MR) is 272 cm³/mol. The Hall–Kier alpha value is -4.49. The van der Waals surface area contributed by atoms with Crippen molar-refractivity contribution in [3.05, 3.63) is 117 Å². The molecule has 4 atom stereocenters. The van der Waals surface area contributed by atoms with Crippen LogP contribution in [0.1, 0.15) is 76.1 Å². The van der Waals surface area contributed by atoms with Gasteiger partial charge in [-0.3, -0.25) is 34.2 Å². The van der Waals surface area contributed by atoms with Crippen molar-refractivity contribution in [3.8, 4) is 11.5 Å². The molecule has 2 saturated heterocycles. The number of amides is 2. The smallest absolute Gasteiger partial charge is 0.249 e. The van der Waals surface area contributed by atoms with Crippen molar-refractivity contribution in [3.63, 3.8) is 0 Å². The minimum atomic E-state index is -1.11. The van der Waals surface area contributed by atoms with Crippen LogP contribution in [0.5, 0.6) is 11.5 Å². The van der Waals surface area contributed by atoms with Crippen LogP contribution in [0.4, 0.5) is 11.4 Å². The highest BCUT2D eigenvalue weighted by Crippen LogP contribution is 2.41. The summed E-state index contributed by atoms with van der Waals surface area (Å²) in [4.78, 5) is 48.1. The normalized spacial score (nSPS) is 16.9. The fourth-order valence-electron chi connectivity index (χ4n) is 5.90. The van der Waals surface area contributed by atoms with Crippen LogP contribution < -0.4 is 19.3 Å². The number of rotatable bonds is 17. The van der Waals surface area contributed by atoms with Crippen molar-refractivity contribution in [2.45, 2.75) is 79.0 Å². The Morgan fingerprint density at radius 1 is 0.758 bits per heavy atom. The second-order valence-corrected chi connectivity index (χ2v) is 17.2. The minimum absolute atomic E-state index is 0. The number of anilines is 2. The Morgan fingerprint density at radius 3 is 1.74 bits per heavy atom. The number of aldehydes is 1. The second kappa shape index (κ2) is 29.3. The van der Waals surface area contributed by atoms with Gasteiger partial charge in [0.1, 0.15) is 54.6 Å². The fourth-order valence-corrected chi connectivity index (χ4v) is 8.46. The molecule has 2 heterocycles. The Balaban J connectivity index is 0.000000543. The molecule has 0 aliphatic carbocycles. The number of halogens is 2. The van der Waals surface area contributed by atoms with E-state index in [9.17, 15) is 24.6 Å².